The molecule has 4 N–H and O–H groups in total. The number of phenolic OH excluding ortho intramolecular Hbond substituents is 4. The van der Waals surface area contributed by atoms with Crippen molar-refractivity contribution >= 4 is 11.6 Å². The van der Waals surface area contributed by atoms with Crippen molar-refractivity contribution in [3.63, 3.8) is 0 Å². The molecule has 44 heavy (non-hydrogen) atoms. The van der Waals surface area contributed by atoms with Crippen molar-refractivity contribution in [1.82, 2.24) is 9.80 Å². The van der Waals surface area contributed by atoms with Crippen LogP contribution in [0.15, 0.2) is 97.1 Å². The van der Waals surface area contributed by atoms with Gasteiger partial charge in [0.2, 0.25) is 0 Å². The molecule has 0 radical (unpaired) electrons. The fourth-order valence-electron chi connectivity index (χ4n) is 5.12. The van der Waals surface area contributed by atoms with E-state index in [0.717, 1.165) is 49.9 Å². The molecule has 0 amide bonds. The highest BCUT2D eigenvalue weighted by molar-refractivity contribution is 5.98. The fraction of sp³-hybridized carbons (Fsp3) is 0.278. The molecule has 0 spiro atoms. The lowest BCUT2D eigenvalue weighted by Gasteiger charge is -2.23. The summed E-state index contributed by atoms with van der Waals surface area (Å²) >= 11 is 0. The molecule has 4 aromatic carbocycles. The maximum Gasteiger partial charge on any atom is 0.176 e. The summed E-state index contributed by atoms with van der Waals surface area (Å²) in [5.74, 6) is -1.38. The molecular formula is C36H40N2O6. The first-order chi connectivity index (χ1) is 21.3. The summed E-state index contributed by atoms with van der Waals surface area (Å²) in [6.45, 7) is 3.08. The minimum Gasteiger partial charge on any atom is -0.504 e. The quantitative estimate of drug-likeness (QED) is 0.0652. The number of unbranched alkanes of at least 4 members (excludes halogenated alkanes) is 3. The molecule has 0 aromatic heterocycles. The van der Waals surface area contributed by atoms with Crippen LogP contribution < -0.4 is 0 Å². The first-order valence-electron chi connectivity index (χ1n) is 14.9. The van der Waals surface area contributed by atoms with E-state index in [4.69, 9.17) is 0 Å². The predicted octanol–water partition coefficient (Wildman–Crippen LogP) is 6.14. The Bertz CT molecular complexity index is 1400. The molecule has 0 fully saturated rings. The summed E-state index contributed by atoms with van der Waals surface area (Å²) in [7, 11) is 0. The van der Waals surface area contributed by atoms with E-state index in [2.05, 4.69) is 9.80 Å². The number of benzene rings is 4. The van der Waals surface area contributed by atoms with Crippen LogP contribution in [0.2, 0.25) is 0 Å². The number of ketones is 2. The number of hydrogen-bond donors (Lipinski definition) is 4. The van der Waals surface area contributed by atoms with E-state index in [0.29, 0.717) is 24.2 Å². The lowest BCUT2D eigenvalue weighted by molar-refractivity contribution is 0.0912. The molecule has 8 nitrogen and oxygen atoms in total. The number of aromatic hydroxyl groups is 4. The molecular weight excluding hydrogens is 556 g/mol. The number of Topliss-reactive ketones (excluding diaryl/α,β-unsaturated/α-hetero) is 2. The number of hydrogen-bond acceptors (Lipinski definition) is 8. The van der Waals surface area contributed by atoms with Crippen molar-refractivity contribution < 1.29 is 30.0 Å². The molecule has 0 saturated carbocycles. The van der Waals surface area contributed by atoms with E-state index in [-0.39, 0.29) is 47.7 Å². The lowest BCUT2D eigenvalue weighted by Crippen LogP contribution is -2.31. The van der Waals surface area contributed by atoms with E-state index >= 15 is 0 Å². The highest BCUT2D eigenvalue weighted by Gasteiger charge is 2.17. The smallest absolute Gasteiger partial charge is 0.176 e. The summed E-state index contributed by atoms with van der Waals surface area (Å²) in [5, 5.41) is 38.9. The van der Waals surface area contributed by atoms with Gasteiger partial charge in [-0.15, -0.1) is 0 Å². The van der Waals surface area contributed by atoms with Gasteiger partial charge in [-0.25, -0.2) is 0 Å². The van der Waals surface area contributed by atoms with E-state index in [1.165, 1.54) is 36.4 Å². The van der Waals surface area contributed by atoms with Gasteiger partial charge in [-0.2, -0.15) is 0 Å². The predicted molar refractivity (Wildman–Crippen MR) is 170 cm³/mol. The molecule has 0 saturated heterocycles. The number of carbonyl (C=O) groups excluding carboxylic acids is 2. The molecule has 0 atom stereocenters. The van der Waals surface area contributed by atoms with Gasteiger partial charge in [0.1, 0.15) is 0 Å². The Morgan fingerprint density at radius 3 is 1.23 bits per heavy atom. The van der Waals surface area contributed by atoms with E-state index < -0.39 is 0 Å². The summed E-state index contributed by atoms with van der Waals surface area (Å²) < 4.78 is 0. The van der Waals surface area contributed by atoms with Crippen LogP contribution in [0, 0.1) is 0 Å². The third-order valence-corrected chi connectivity index (χ3v) is 7.53. The van der Waals surface area contributed by atoms with Gasteiger partial charge >= 0.3 is 0 Å². The minimum atomic E-state index is -0.310. The molecule has 8 heteroatoms. The average Bonchev–Trinajstić information content (AvgIpc) is 3.02. The minimum absolute atomic E-state index is 0.126. The first kappa shape index (κ1) is 32.3. The van der Waals surface area contributed by atoms with Crippen LogP contribution in [0.5, 0.6) is 23.0 Å². The van der Waals surface area contributed by atoms with Crippen molar-refractivity contribution in [2.45, 2.75) is 38.8 Å². The summed E-state index contributed by atoms with van der Waals surface area (Å²) in [5.41, 5.74) is 2.93. The zero-order valence-electron chi connectivity index (χ0n) is 24.8. The van der Waals surface area contributed by atoms with Gasteiger partial charge < -0.3 is 20.4 Å². The van der Waals surface area contributed by atoms with Gasteiger partial charge in [-0.1, -0.05) is 73.5 Å². The van der Waals surface area contributed by atoms with Crippen LogP contribution in [0.1, 0.15) is 57.5 Å². The van der Waals surface area contributed by atoms with Gasteiger partial charge in [0.15, 0.2) is 34.6 Å². The highest BCUT2D eigenvalue weighted by atomic mass is 16.3. The molecule has 0 bridgehead atoms. The second kappa shape index (κ2) is 16.3. The second-order valence-corrected chi connectivity index (χ2v) is 11.1. The van der Waals surface area contributed by atoms with Crippen molar-refractivity contribution in [2.75, 3.05) is 26.2 Å². The molecule has 4 rings (SSSR count). The highest BCUT2D eigenvalue weighted by Crippen LogP contribution is 2.26. The maximum atomic E-state index is 13.0. The van der Waals surface area contributed by atoms with E-state index in [1.807, 2.05) is 60.7 Å². The zero-order valence-corrected chi connectivity index (χ0v) is 24.8. The van der Waals surface area contributed by atoms with E-state index in [1.54, 1.807) is 0 Å². The first-order valence-corrected chi connectivity index (χ1v) is 14.9. The Morgan fingerprint density at radius 2 is 0.864 bits per heavy atom. The van der Waals surface area contributed by atoms with Gasteiger partial charge in [0, 0.05) is 24.2 Å². The molecule has 0 unspecified atom stereocenters. The molecule has 4 aromatic rings. The monoisotopic (exact) mass is 596 g/mol. The Balaban J connectivity index is 1.30. The Morgan fingerprint density at radius 1 is 0.477 bits per heavy atom. The number of carbonyl (C=O) groups is 2. The number of nitrogens with zero attached hydrogens (tertiary/aromatic N) is 2. The SMILES string of the molecule is O=C(CN(CCCCCCN(CC(=O)c1ccc(O)c(O)c1)Cc1ccccc1)Cc1ccccc1)c1ccc(O)c(O)c1. The third-order valence-electron chi connectivity index (χ3n) is 7.53. The van der Waals surface area contributed by atoms with Crippen molar-refractivity contribution in [2.24, 2.45) is 0 Å². The summed E-state index contributed by atoms with van der Waals surface area (Å²) in [6.07, 6.45) is 3.70. The lowest BCUT2D eigenvalue weighted by atomic mass is 10.1. The van der Waals surface area contributed by atoms with E-state index in [9.17, 15) is 30.0 Å². The third kappa shape index (κ3) is 9.97. The van der Waals surface area contributed by atoms with Gasteiger partial charge in [0.25, 0.3) is 0 Å². The zero-order chi connectivity index (χ0) is 31.3. The van der Waals surface area contributed by atoms with Crippen LogP contribution in [0.25, 0.3) is 0 Å². The standard InChI is InChI=1S/C36H40N2O6/c39-31-17-15-29(21-33(31)41)35(43)25-37(23-27-11-5-3-6-12-27)19-9-1-2-10-20-38(24-28-13-7-4-8-14-28)26-36(44)30-16-18-32(40)34(42)22-30/h3-8,11-18,21-22,39-42H,1-2,9-10,19-20,23-26H2. The Labute approximate surface area is 258 Å². The topological polar surface area (TPSA) is 122 Å². The van der Waals surface area contributed by atoms with Crippen LogP contribution >= 0.6 is 0 Å². The fourth-order valence-corrected chi connectivity index (χ4v) is 5.12. The molecule has 0 aliphatic rings. The van der Waals surface area contributed by atoms with Crippen molar-refractivity contribution in [3.05, 3.63) is 119 Å². The van der Waals surface area contributed by atoms with Crippen LogP contribution in [0.4, 0.5) is 0 Å². The van der Waals surface area contributed by atoms with Gasteiger partial charge in [0.05, 0.1) is 13.1 Å². The number of phenols is 4. The van der Waals surface area contributed by atoms with Crippen LogP contribution in [0.3, 0.4) is 0 Å². The van der Waals surface area contributed by atoms with Crippen LogP contribution in [-0.2, 0) is 13.1 Å². The van der Waals surface area contributed by atoms with Crippen LogP contribution in [-0.4, -0.2) is 68.0 Å². The Hall–Kier alpha value is -4.66. The van der Waals surface area contributed by atoms with Gasteiger partial charge in [-0.3, -0.25) is 19.4 Å². The normalized spacial score (nSPS) is 11.2. The largest absolute Gasteiger partial charge is 0.504 e. The second-order valence-electron chi connectivity index (χ2n) is 11.1. The summed E-state index contributed by atoms with van der Waals surface area (Å²) in [4.78, 5) is 30.2. The Kier molecular flexibility index (Phi) is 11.9. The number of rotatable bonds is 17. The summed E-state index contributed by atoms with van der Waals surface area (Å²) in [6, 6.07) is 28.3. The molecule has 0 aliphatic carbocycles. The molecule has 0 heterocycles. The molecule has 0 aliphatic heterocycles. The average molecular weight is 597 g/mol. The van der Waals surface area contributed by atoms with Crippen molar-refractivity contribution in [1.29, 1.82) is 0 Å². The van der Waals surface area contributed by atoms with Gasteiger partial charge in [-0.05, 0) is 73.5 Å². The maximum absolute atomic E-state index is 13.0. The van der Waals surface area contributed by atoms with Crippen molar-refractivity contribution in [3.8, 4) is 23.0 Å². The molecule has 230 valence electrons.